The molecule has 6 nitrogen and oxygen atoms in total. The van der Waals surface area contributed by atoms with Crippen molar-refractivity contribution in [3.05, 3.63) is 65.2 Å². The number of carbonyl (C=O) groups excluding carboxylic acids is 1. The van der Waals surface area contributed by atoms with E-state index in [1.165, 1.54) is 0 Å². The van der Waals surface area contributed by atoms with Crippen molar-refractivity contribution in [3.63, 3.8) is 0 Å². The number of amides is 1. The molecule has 2 aromatic carbocycles. The van der Waals surface area contributed by atoms with Gasteiger partial charge in [-0.1, -0.05) is 24.3 Å². The molecular formula is C19H19NO5. The van der Waals surface area contributed by atoms with Gasteiger partial charge in [0.05, 0.1) is 12.6 Å². The van der Waals surface area contributed by atoms with Crippen LogP contribution in [0.5, 0.6) is 5.75 Å². The molecule has 2 aromatic rings. The predicted octanol–water partition coefficient (Wildman–Crippen LogP) is 1.88. The molecule has 0 saturated heterocycles. The van der Waals surface area contributed by atoms with Gasteiger partial charge in [0.15, 0.2) is 6.61 Å². The van der Waals surface area contributed by atoms with E-state index in [0.29, 0.717) is 24.3 Å². The number of aliphatic carboxylic acids is 1. The largest absolute Gasteiger partial charge is 0.482 e. The lowest BCUT2D eigenvalue weighted by Gasteiger charge is -2.22. The fourth-order valence-electron chi connectivity index (χ4n) is 2.95. The smallest absolute Gasteiger partial charge is 0.341 e. The highest BCUT2D eigenvalue weighted by Crippen LogP contribution is 2.24. The molecule has 0 aromatic heterocycles. The van der Waals surface area contributed by atoms with Crippen LogP contribution in [0, 0.1) is 0 Å². The van der Waals surface area contributed by atoms with Gasteiger partial charge in [-0.15, -0.1) is 0 Å². The molecule has 1 atom stereocenters. The first kappa shape index (κ1) is 17.0. The molecule has 130 valence electrons. The van der Waals surface area contributed by atoms with E-state index in [9.17, 15) is 14.7 Å². The molecule has 0 fully saturated rings. The number of nitrogens with zero attached hydrogens (tertiary/aromatic N) is 1. The maximum Gasteiger partial charge on any atom is 0.341 e. The molecule has 0 saturated carbocycles. The quantitative estimate of drug-likeness (QED) is 0.887. The Labute approximate surface area is 145 Å². The lowest BCUT2D eigenvalue weighted by Crippen LogP contribution is -2.34. The predicted molar refractivity (Wildman–Crippen MR) is 90.6 cm³/mol. The molecule has 1 unspecified atom stereocenters. The molecule has 0 radical (unpaired) electrons. The van der Waals surface area contributed by atoms with E-state index >= 15 is 0 Å². The average Bonchev–Trinajstić information content (AvgIpc) is 2.79. The van der Waals surface area contributed by atoms with Crippen LogP contribution in [-0.2, 0) is 11.2 Å². The first-order valence-electron chi connectivity index (χ1n) is 8.04. The van der Waals surface area contributed by atoms with Gasteiger partial charge >= 0.3 is 5.97 Å². The summed E-state index contributed by atoms with van der Waals surface area (Å²) < 4.78 is 5.06. The zero-order valence-electron chi connectivity index (χ0n) is 13.6. The van der Waals surface area contributed by atoms with Gasteiger partial charge in [-0.2, -0.15) is 0 Å². The van der Waals surface area contributed by atoms with Crippen LogP contribution in [0.4, 0.5) is 0 Å². The lowest BCUT2D eigenvalue weighted by atomic mass is 10.0. The maximum atomic E-state index is 12.7. The minimum atomic E-state index is -1.06. The second kappa shape index (κ2) is 7.36. The Kier molecular flexibility index (Phi) is 5.00. The minimum Gasteiger partial charge on any atom is -0.482 e. The number of aliphatic hydroxyl groups excluding tert-OH is 1. The van der Waals surface area contributed by atoms with Crippen LogP contribution in [-0.4, -0.2) is 46.7 Å². The number of hydrogen-bond acceptors (Lipinski definition) is 4. The molecule has 3 rings (SSSR count). The van der Waals surface area contributed by atoms with Crippen LogP contribution in [0.3, 0.4) is 0 Å². The molecule has 1 aliphatic rings. The van der Waals surface area contributed by atoms with Crippen molar-refractivity contribution in [1.29, 1.82) is 0 Å². The monoisotopic (exact) mass is 341 g/mol. The zero-order chi connectivity index (χ0) is 17.8. The summed E-state index contributed by atoms with van der Waals surface area (Å²) in [5.74, 6) is -0.836. The van der Waals surface area contributed by atoms with E-state index in [0.717, 1.165) is 11.1 Å². The number of carboxylic acids is 1. The minimum absolute atomic E-state index is 0.170. The third-order valence-corrected chi connectivity index (χ3v) is 4.21. The van der Waals surface area contributed by atoms with E-state index in [2.05, 4.69) is 0 Å². The average molecular weight is 341 g/mol. The van der Waals surface area contributed by atoms with E-state index < -0.39 is 18.7 Å². The van der Waals surface area contributed by atoms with Gasteiger partial charge in [0.1, 0.15) is 5.75 Å². The standard InChI is InChI=1S/C19H19NO5/c21-17-11-20(10-9-13-3-1-2-4-16(13)17)19(24)14-5-7-15(8-6-14)25-12-18(22)23/h1-8,17,21H,9-12H2,(H,22,23). The van der Waals surface area contributed by atoms with Gasteiger partial charge < -0.3 is 19.8 Å². The number of aliphatic hydroxyl groups is 1. The lowest BCUT2D eigenvalue weighted by molar-refractivity contribution is -0.139. The zero-order valence-corrected chi connectivity index (χ0v) is 13.6. The van der Waals surface area contributed by atoms with Crippen molar-refractivity contribution in [2.45, 2.75) is 12.5 Å². The Morgan fingerprint density at radius 3 is 2.56 bits per heavy atom. The summed E-state index contributed by atoms with van der Waals surface area (Å²) in [6, 6.07) is 14.0. The molecule has 2 N–H and O–H groups in total. The maximum absolute atomic E-state index is 12.7. The normalized spacial score (nSPS) is 16.7. The molecule has 25 heavy (non-hydrogen) atoms. The molecule has 1 heterocycles. The van der Waals surface area contributed by atoms with Crippen molar-refractivity contribution in [1.82, 2.24) is 4.90 Å². The van der Waals surface area contributed by atoms with Crippen molar-refractivity contribution >= 4 is 11.9 Å². The van der Waals surface area contributed by atoms with E-state index in [1.807, 2.05) is 24.3 Å². The molecule has 1 amide bonds. The summed E-state index contributed by atoms with van der Waals surface area (Å²) in [7, 11) is 0. The number of benzene rings is 2. The number of ether oxygens (including phenoxy) is 1. The van der Waals surface area contributed by atoms with E-state index in [-0.39, 0.29) is 12.5 Å². The molecule has 0 bridgehead atoms. The van der Waals surface area contributed by atoms with E-state index in [1.54, 1.807) is 29.2 Å². The van der Waals surface area contributed by atoms with Crippen LogP contribution < -0.4 is 4.74 Å². The SMILES string of the molecule is O=C(O)COc1ccc(C(=O)N2CCc3ccccc3C(O)C2)cc1. The number of rotatable bonds is 4. The first-order chi connectivity index (χ1) is 12.0. The van der Waals surface area contributed by atoms with Crippen LogP contribution in [0.1, 0.15) is 27.6 Å². The Bertz CT molecular complexity index is 772. The number of carboxylic acid groups (broad SMARTS) is 1. The van der Waals surface area contributed by atoms with Gasteiger partial charge in [-0.05, 0) is 41.8 Å². The molecule has 0 aliphatic carbocycles. The molecule has 1 aliphatic heterocycles. The molecule has 6 heteroatoms. The van der Waals surface area contributed by atoms with Gasteiger partial charge in [-0.3, -0.25) is 4.79 Å². The highest BCUT2D eigenvalue weighted by Gasteiger charge is 2.24. The van der Waals surface area contributed by atoms with Gasteiger partial charge in [0, 0.05) is 12.1 Å². The summed E-state index contributed by atoms with van der Waals surface area (Å²) in [6.07, 6.45) is -0.0143. The van der Waals surface area contributed by atoms with Crippen molar-refractivity contribution in [2.24, 2.45) is 0 Å². The molecule has 0 spiro atoms. The summed E-state index contributed by atoms with van der Waals surface area (Å²) in [5, 5.41) is 19.0. The second-order valence-electron chi connectivity index (χ2n) is 5.92. The topological polar surface area (TPSA) is 87.1 Å². The van der Waals surface area contributed by atoms with Crippen LogP contribution in [0.2, 0.25) is 0 Å². The van der Waals surface area contributed by atoms with Crippen LogP contribution >= 0.6 is 0 Å². The third-order valence-electron chi connectivity index (χ3n) is 4.21. The van der Waals surface area contributed by atoms with Crippen LogP contribution in [0.15, 0.2) is 48.5 Å². The summed E-state index contributed by atoms with van der Waals surface area (Å²) in [5.41, 5.74) is 2.40. The fourth-order valence-corrected chi connectivity index (χ4v) is 2.95. The Morgan fingerprint density at radius 1 is 1.12 bits per heavy atom. The number of fused-ring (bicyclic) bond motifs is 1. The van der Waals surface area contributed by atoms with Gasteiger partial charge in [0.25, 0.3) is 5.91 Å². The number of carbonyl (C=O) groups is 2. The first-order valence-corrected chi connectivity index (χ1v) is 8.04. The van der Waals surface area contributed by atoms with Crippen LogP contribution in [0.25, 0.3) is 0 Å². The number of hydrogen-bond donors (Lipinski definition) is 2. The molecular weight excluding hydrogens is 322 g/mol. The highest BCUT2D eigenvalue weighted by molar-refractivity contribution is 5.94. The highest BCUT2D eigenvalue weighted by atomic mass is 16.5. The second-order valence-corrected chi connectivity index (χ2v) is 5.92. The Morgan fingerprint density at radius 2 is 1.84 bits per heavy atom. The van der Waals surface area contributed by atoms with E-state index in [4.69, 9.17) is 9.84 Å². The number of β-amino-alcohol motifs (C(OH)–C–C–N with tert-alkyl or cyclic N) is 1. The van der Waals surface area contributed by atoms with Crippen molar-refractivity contribution < 1.29 is 24.5 Å². The third kappa shape index (κ3) is 3.97. The van der Waals surface area contributed by atoms with Gasteiger partial charge in [0.2, 0.25) is 0 Å². The summed E-state index contributed by atoms with van der Waals surface area (Å²) in [4.78, 5) is 24.8. The fraction of sp³-hybridized carbons (Fsp3) is 0.263. The van der Waals surface area contributed by atoms with Crippen molar-refractivity contribution in [2.75, 3.05) is 19.7 Å². The Hall–Kier alpha value is -2.86. The van der Waals surface area contributed by atoms with Crippen molar-refractivity contribution in [3.8, 4) is 5.75 Å². The summed E-state index contributed by atoms with van der Waals surface area (Å²) >= 11 is 0. The van der Waals surface area contributed by atoms with Gasteiger partial charge in [-0.25, -0.2) is 4.79 Å². The summed E-state index contributed by atoms with van der Waals surface area (Å²) in [6.45, 7) is 0.348. The Balaban J connectivity index is 1.70.